The Balaban J connectivity index is 0.00000405. The lowest BCUT2D eigenvalue weighted by atomic mass is 9.95. The van der Waals surface area contributed by atoms with Crippen LogP contribution in [0, 0.1) is 0 Å². The van der Waals surface area contributed by atoms with Gasteiger partial charge in [-0.1, -0.05) is 18.2 Å². The zero-order valence-corrected chi connectivity index (χ0v) is 24.3. The first-order valence-electron chi connectivity index (χ1n) is 12.7. The molecule has 0 aliphatic carbocycles. The van der Waals surface area contributed by atoms with E-state index in [1.807, 2.05) is 18.2 Å². The number of rotatable bonds is 9. The molecule has 3 aromatic carbocycles. The van der Waals surface area contributed by atoms with Gasteiger partial charge in [0, 0.05) is 23.6 Å². The quantitative estimate of drug-likeness (QED) is 0.197. The number of benzene rings is 3. The summed E-state index contributed by atoms with van der Waals surface area (Å²) in [6, 6.07) is 21.3. The lowest BCUT2D eigenvalue weighted by Gasteiger charge is -2.21. The molecule has 2 heterocycles. The van der Waals surface area contributed by atoms with E-state index >= 15 is 0 Å². The van der Waals surface area contributed by atoms with Gasteiger partial charge in [-0.25, -0.2) is 4.79 Å². The van der Waals surface area contributed by atoms with Crippen molar-refractivity contribution in [1.29, 1.82) is 0 Å². The van der Waals surface area contributed by atoms with Crippen LogP contribution >= 0.6 is 12.4 Å². The number of carbonyl (C=O) groups excluding carboxylic acids is 1. The maximum Gasteiger partial charge on any atom is 0.355 e. The molecule has 0 saturated carbocycles. The Hall–Kier alpha value is -5.02. The summed E-state index contributed by atoms with van der Waals surface area (Å²) in [5.74, 6) is 0.981. The number of pyridine rings is 2. The van der Waals surface area contributed by atoms with Crippen LogP contribution < -0.4 is 24.5 Å². The maximum absolute atomic E-state index is 14.1. The van der Waals surface area contributed by atoms with Gasteiger partial charge < -0.3 is 23.7 Å². The minimum atomic E-state index is -0.686. The van der Waals surface area contributed by atoms with Crippen LogP contribution in [0.5, 0.6) is 23.0 Å². The molecular formula is C32H29ClN2O7. The number of fused-ring (bicyclic) bond motifs is 1. The molecule has 0 atom stereocenters. The molecule has 9 nitrogen and oxygen atoms in total. The number of esters is 1. The molecule has 0 unspecified atom stereocenters. The molecule has 2 aromatic heterocycles. The molecule has 216 valence electrons. The predicted octanol–water partition coefficient (Wildman–Crippen LogP) is 5.87. The normalized spacial score (nSPS) is 10.5. The Labute approximate surface area is 248 Å². The molecule has 0 spiro atoms. The standard InChI is InChI=1S/C32H28N2O7.ClH/c1-37-26-16-21(17-27(38-2)30(26)39-3)28-24-11-10-23(41-19-20-12-14-33-15-13-20)18-25(24)31(35)34(29(28)32(36)40-4)22-8-6-5-7-9-22;/h5-18H,19H2,1-4H3;1H. The maximum atomic E-state index is 14.1. The van der Waals surface area contributed by atoms with Crippen LogP contribution in [0.15, 0.2) is 90.0 Å². The van der Waals surface area contributed by atoms with Crippen molar-refractivity contribution in [1.82, 2.24) is 9.55 Å². The van der Waals surface area contributed by atoms with E-state index < -0.39 is 11.5 Å². The summed E-state index contributed by atoms with van der Waals surface area (Å²) in [4.78, 5) is 31.6. The molecule has 5 rings (SSSR count). The minimum Gasteiger partial charge on any atom is -0.493 e. The summed E-state index contributed by atoms with van der Waals surface area (Å²) in [6.07, 6.45) is 3.38. The molecule has 0 aliphatic rings. The van der Waals surface area contributed by atoms with Crippen LogP contribution in [0.25, 0.3) is 27.6 Å². The van der Waals surface area contributed by atoms with E-state index in [0.717, 1.165) is 5.56 Å². The minimum absolute atomic E-state index is 0. The second-order valence-corrected chi connectivity index (χ2v) is 8.96. The fraction of sp³-hybridized carbons (Fsp3) is 0.156. The molecule has 5 aromatic rings. The number of nitrogens with zero attached hydrogens (tertiary/aromatic N) is 2. The van der Waals surface area contributed by atoms with Gasteiger partial charge in [-0.05, 0) is 71.1 Å². The van der Waals surface area contributed by atoms with Crippen molar-refractivity contribution in [2.45, 2.75) is 6.61 Å². The molecule has 0 aliphatic heterocycles. The second kappa shape index (κ2) is 13.1. The topological polar surface area (TPSA) is 98.1 Å². The van der Waals surface area contributed by atoms with Crippen LogP contribution in [0.4, 0.5) is 0 Å². The fourth-order valence-electron chi connectivity index (χ4n) is 4.75. The average Bonchev–Trinajstić information content (AvgIpc) is 3.03. The summed E-state index contributed by atoms with van der Waals surface area (Å²) in [5, 5.41) is 0.866. The van der Waals surface area contributed by atoms with E-state index in [9.17, 15) is 9.59 Å². The number of ether oxygens (including phenoxy) is 5. The largest absolute Gasteiger partial charge is 0.493 e. The van der Waals surface area contributed by atoms with Crippen molar-refractivity contribution in [2.24, 2.45) is 0 Å². The second-order valence-electron chi connectivity index (χ2n) is 8.96. The highest BCUT2D eigenvalue weighted by atomic mass is 35.5. The third-order valence-electron chi connectivity index (χ3n) is 6.66. The smallest absolute Gasteiger partial charge is 0.355 e. The lowest BCUT2D eigenvalue weighted by Crippen LogP contribution is -2.26. The number of hydrogen-bond donors (Lipinski definition) is 0. The molecule has 0 fully saturated rings. The Bertz CT molecular complexity index is 1750. The molecule has 0 amide bonds. The third-order valence-corrected chi connectivity index (χ3v) is 6.66. The zero-order chi connectivity index (χ0) is 28.9. The molecule has 0 bridgehead atoms. The van der Waals surface area contributed by atoms with Crippen LogP contribution in [0.1, 0.15) is 16.1 Å². The van der Waals surface area contributed by atoms with Crippen molar-refractivity contribution in [3.8, 4) is 39.8 Å². The number of hydrogen-bond acceptors (Lipinski definition) is 8. The SMILES string of the molecule is COC(=O)c1c(-c2cc(OC)c(OC)c(OC)c2)c2ccc(OCc3ccncc3)cc2c(=O)n1-c1ccccc1.Cl. The van der Waals surface area contributed by atoms with Crippen LogP contribution in [0.3, 0.4) is 0 Å². The first-order chi connectivity index (χ1) is 20.0. The Morgan fingerprint density at radius 3 is 2.07 bits per heavy atom. The lowest BCUT2D eigenvalue weighted by molar-refractivity contribution is 0.0591. The first-order valence-corrected chi connectivity index (χ1v) is 12.7. The van der Waals surface area contributed by atoms with Crippen molar-refractivity contribution >= 4 is 29.1 Å². The molecular weight excluding hydrogens is 560 g/mol. The molecule has 0 radical (unpaired) electrons. The van der Waals surface area contributed by atoms with Crippen molar-refractivity contribution in [3.63, 3.8) is 0 Å². The summed E-state index contributed by atoms with van der Waals surface area (Å²) >= 11 is 0. The van der Waals surface area contributed by atoms with Crippen molar-refractivity contribution < 1.29 is 28.5 Å². The summed E-state index contributed by atoms with van der Waals surface area (Å²) < 4.78 is 29.3. The van der Waals surface area contributed by atoms with Crippen LogP contribution in [0.2, 0.25) is 0 Å². The molecule has 42 heavy (non-hydrogen) atoms. The van der Waals surface area contributed by atoms with Crippen molar-refractivity contribution in [3.05, 3.63) is 107 Å². The molecule has 10 heteroatoms. The van der Waals surface area contributed by atoms with E-state index in [1.54, 1.807) is 67.0 Å². The highest BCUT2D eigenvalue weighted by molar-refractivity contribution is 6.07. The first kappa shape index (κ1) is 30.0. The van der Waals surface area contributed by atoms with Gasteiger partial charge in [-0.15, -0.1) is 12.4 Å². The van der Waals surface area contributed by atoms with E-state index in [4.69, 9.17) is 23.7 Å². The summed E-state index contributed by atoms with van der Waals surface area (Å²) in [5.41, 5.74) is 2.08. The Kier molecular flexibility index (Phi) is 9.34. The van der Waals surface area contributed by atoms with Gasteiger partial charge in [0.15, 0.2) is 11.5 Å². The monoisotopic (exact) mass is 588 g/mol. The number of carbonyl (C=O) groups is 1. The highest BCUT2D eigenvalue weighted by Crippen LogP contribution is 2.44. The van der Waals surface area contributed by atoms with E-state index in [0.29, 0.717) is 57.2 Å². The average molecular weight is 589 g/mol. The Morgan fingerprint density at radius 2 is 1.48 bits per heavy atom. The van der Waals surface area contributed by atoms with E-state index in [2.05, 4.69) is 4.98 Å². The molecule has 0 N–H and O–H groups in total. The third kappa shape index (κ3) is 5.59. The van der Waals surface area contributed by atoms with Gasteiger partial charge >= 0.3 is 5.97 Å². The highest BCUT2D eigenvalue weighted by Gasteiger charge is 2.27. The van der Waals surface area contributed by atoms with Gasteiger partial charge in [0.1, 0.15) is 18.1 Å². The fourth-order valence-corrected chi connectivity index (χ4v) is 4.75. The van der Waals surface area contributed by atoms with Gasteiger partial charge in [-0.2, -0.15) is 0 Å². The number of methoxy groups -OCH3 is 4. The van der Waals surface area contributed by atoms with Crippen LogP contribution in [-0.2, 0) is 11.3 Å². The number of halogens is 1. The van der Waals surface area contributed by atoms with E-state index in [-0.39, 0.29) is 18.1 Å². The number of aromatic nitrogens is 2. The molecule has 0 saturated heterocycles. The zero-order valence-electron chi connectivity index (χ0n) is 23.5. The van der Waals surface area contributed by atoms with Gasteiger partial charge in [0.2, 0.25) is 5.75 Å². The summed E-state index contributed by atoms with van der Waals surface area (Å²) in [7, 11) is 5.81. The van der Waals surface area contributed by atoms with E-state index in [1.165, 1.54) is 33.0 Å². The van der Waals surface area contributed by atoms with Crippen LogP contribution in [-0.4, -0.2) is 44.0 Å². The number of para-hydroxylation sites is 1. The summed E-state index contributed by atoms with van der Waals surface area (Å²) in [6.45, 7) is 0.293. The Morgan fingerprint density at radius 1 is 0.810 bits per heavy atom. The van der Waals surface area contributed by atoms with Gasteiger partial charge in [-0.3, -0.25) is 14.3 Å². The van der Waals surface area contributed by atoms with Gasteiger partial charge in [0.05, 0.1) is 33.8 Å². The predicted molar refractivity (Wildman–Crippen MR) is 162 cm³/mol. The van der Waals surface area contributed by atoms with Gasteiger partial charge in [0.25, 0.3) is 5.56 Å². The van der Waals surface area contributed by atoms with Crippen molar-refractivity contribution in [2.75, 3.05) is 28.4 Å².